The summed E-state index contributed by atoms with van der Waals surface area (Å²) in [5, 5.41) is 0. The molecule has 0 saturated heterocycles. The molecule has 0 spiro atoms. The van der Waals surface area contributed by atoms with E-state index in [1.54, 1.807) is 7.11 Å². The lowest BCUT2D eigenvalue weighted by Crippen LogP contribution is -2.27. The van der Waals surface area contributed by atoms with Crippen LogP contribution in [-0.4, -0.2) is 33.5 Å². The van der Waals surface area contributed by atoms with Crippen LogP contribution in [0.2, 0.25) is 0 Å². The number of hydrogen-bond acceptors (Lipinski definition) is 4. The van der Waals surface area contributed by atoms with Crippen molar-refractivity contribution >= 4 is 0 Å². The molecule has 0 radical (unpaired) electrons. The van der Waals surface area contributed by atoms with Crippen molar-refractivity contribution < 1.29 is 14.3 Å². The molecule has 1 N–H and O–H groups in total. The van der Waals surface area contributed by atoms with Gasteiger partial charge in [0.2, 0.25) is 0 Å². The van der Waals surface area contributed by atoms with Gasteiger partial charge in [0, 0.05) is 19.6 Å². The quantitative estimate of drug-likeness (QED) is 0.604. The van der Waals surface area contributed by atoms with Crippen LogP contribution in [0.5, 0.6) is 5.75 Å². The van der Waals surface area contributed by atoms with Gasteiger partial charge >= 0.3 is 0 Å². The average Bonchev–Trinajstić information content (AvgIpc) is 2.39. The third-order valence-corrected chi connectivity index (χ3v) is 2.90. The molecular formula is C13H19NO3. The van der Waals surface area contributed by atoms with Crippen molar-refractivity contribution in [3.8, 4) is 5.75 Å². The zero-order valence-corrected chi connectivity index (χ0v) is 10.1. The Bertz CT molecular complexity index is 343. The summed E-state index contributed by atoms with van der Waals surface area (Å²) in [4.78, 5) is 5.28. The molecule has 1 heterocycles. The van der Waals surface area contributed by atoms with Crippen molar-refractivity contribution in [1.29, 1.82) is 0 Å². The van der Waals surface area contributed by atoms with Crippen molar-refractivity contribution in [2.24, 2.45) is 0 Å². The monoisotopic (exact) mass is 237 g/mol. The molecule has 1 aromatic carbocycles. The molecule has 1 atom stereocenters. The number of methoxy groups -OCH3 is 1. The molecule has 1 unspecified atom stereocenters. The molecule has 0 bridgehead atoms. The number of fused-ring (bicyclic) bond motifs is 1. The SMILES string of the molecule is COCCONCC1CCOc2ccccc21. The van der Waals surface area contributed by atoms with E-state index in [2.05, 4.69) is 11.5 Å². The molecular weight excluding hydrogens is 218 g/mol. The lowest BCUT2D eigenvalue weighted by Gasteiger charge is -2.25. The number of hydrogen-bond donors (Lipinski definition) is 1. The van der Waals surface area contributed by atoms with Crippen molar-refractivity contribution in [2.75, 3.05) is 33.5 Å². The summed E-state index contributed by atoms with van der Waals surface area (Å²) in [6.45, 7) is 2.77. The smallest absolute Gasteiger partial charge is 0.122 e. The third kappa shape index (κ3) is 3.43. The first-order valence-corrected chi connectivity index (χ1v) is 5.97. The summed E-state index contributed by atoms with van der Waals surface area (Å²) < 4.78 is 10.5. The Hall–Kier alpha value is -1.10. The first kappa shape index (κ1) is 12.4. The fourth-order valence-corrected chi connectivity index (χ4v) is 1.98. The standard InChI is InChI=1S/C13H19NO3/c1-15-8-9-17-14-10-11-6-7-16-13-5-3-2-4-12(11)13/h2-5,11,14H,6-10H2,1H3. The lowest BCUT2D eigenvalue weighted by atomic mass is 9.93. The van der Waals surface area contributed by atoms with Crippen LogP contribution in [0, 0.1) is 0 Å². The molecule has 1 aliphatic rings. The Kier molecular flexibility index (Phi) is 4.79. The molecule has 0 aromatic heterocycles. The largest absolute Gasteiger partial charge is 0.493 e. The zero-order valence-electron chi connectivity index (χ0n) is 10.1. The van der Waals surface area contributed by atoms with Gasteiger partial charge in [-0.3, -0.25) is 4.84 Å². The number of hydroxylamine groups is 1. The first-order chi connectivity index (χ1) is 8.42. The predicted octanol–water partition coefficient (Wildman–Crippen LogP) is 1.72. The van der Waals surface area contributed by atoms with Gasteiger partial charge in [-0.15, -0.1) is 0 Å². The molecule has 4 nitrogen and oxygen atoms in total. The van der Waals surface area contributed by atoms with E-state index in [9.17, 15) is 0 Å². The van der Waals surface area contributed by atoms with Crippen LogP contribution in [-0.2, 0) is 9.57 Å². The number of nitrogens with one attached hydrogen (secondary N) is 1. The summed E-state index contributed by atoms with van der Waals surface area (Å²) in [7, 11) is 1.66. The van der Waals surface area contributed by atoms with E-state index >= 15 is 0 Å². The van der Waals surface area contributed by atoms with Crippen LogP contribution < -0.4 is 10.2 Å². The van der Waals surface area contributed by atoms with Gasteiger partial charge in [0.25, 0.3) is 0 Å². The molecule has 0 saturated carbocycles. The Morgan fingerprint density at radius 3 is 3.12 bits per heavy atom. The van der Waals surface area contributed by atoms with Crippen molar-refractivity contribution in [3.63, 3.8) is 0 Å². The van der Waals surface area contributed by atoms with Crippen molar-refractivity contribution in [1.82, 2.24) is 5.48 Å². The number of benzene rings is 1. The first-order valence-electron chi connectivity index (χ1n) is 5.97. The molecule has 0 amide bonds. The number of ether oxygens (including phenoxy) is 2. The van der Waals surface area contributed by atoms with Gasteiger partial charge in [0.1, 0.15) is 5.75 Å². The fourth-order valence-electron chi connectivity index (χ4n) is 1.98. The molecule has 4 heteroatoms. The predicted molar refractivity (Wildman–Crippen MR) is 65.1 cm³/mol. The summed E-state index contributed by atoms with van der Waals surface area (Å²) in [5.74, 6) is 1.46. The maximum absolute atomic E-state index is 5.61. The van der Waals surface area contributed by atoms with E-state index in [-0.39, 0.29) is 0 Å². The van der Waals surface area contributed by atoms with Crippen LogP contribution >= 0.6 is 0 Å². The molecule has 1 aliphatic heterocycles. The maximum atomic E-state index is 5.61. The Balaban J connectivity index is 1.82. The second-order valence-electron chi connectivity index (χ2n) is 4.06. The van der Waals surface area contributed by atoms with Crippen LogP contribution in [0.3, 0.4) is 0 Å². The fraction of sp³-hybridized carbons (Fsp3) is 0.538. The van der Waals surface area contributed by atoms with Crippen molar-refractivity contribution in [2.45, 2.75) is 12.3 Å². The van der Waals surface area contributed by atoms with Gasteiger partial charge in [-0.1, -0.05) is 18.2 Å². The van der Waals surface area contributed by atoms with Gasteiger partial charge in [-0.05, 0) is 18.1 Å². The molecule has 0 aliphatic carbocycles. The maximum Gasteiger partial charge on any atom is 0.122 e. The Labute approximate surface area is 102 Å². The van der Waals surface area contributed by atoms with Crippen molar-refractivity contribution in [3.05, 3.63) is 29.8 Å². The number of para-hydroxylation sites is 1. The van der Waals surface area contributed by atoms with Gasteiger partial charge in [-0.2, -0.15) is 0 Å². The van der Waals surface area contributed by atoms with Gasteiger partial charge in [-0.25, -0.2) is 5.48 Å². The highest BCUT2D eigenvalue weighted by Gasteiger charge is 2.20. The van der Waals surface area contributed by atoms with E-state index in [1.165, 1.54) is 5.56 Å². The van der Waals surface area contributed by atoms with Crippen LogP contribution in [0.15, 0.2) is 24.3 Å². The molecule has 0 fully saturated rings. The van der Waals surface area contributed by atoms with E-state index in [0.717, 1.165) is 25.3 Å². The van der Waals surface area contributed by atoms with E-state index in [1.807, 2.05) is 18.2 Å². The van der Waals surface area contributed by atoms with Crippen LogP contribution in [0.4, 0.5) is 0 Å². The minimum absolute atomic E-state index is 0.461. The number of rotatable bonds is 6. The van der Waals surface area contributed by atoms with Crippen LogP contribution in [0.25, 0.3) is 0 Å². The van der Waals surface area contributed by atoms with Gasteiger partial charge in [0.15, 0.2) is 0 Å². The minimum atomic E-state index is 0.461. The highest BCUT2D eigenvalue weighted by molar-refractivity contribution is 5.37. The summed E-state index contributed by atoms with van der Waals surface area (Å²) in [6, 6.07) is 8.19. The molecule has 1 aromatic rings. The zero-order chi connectivity index (χ0) is 11.9. The molecule has 17 heavy (non-hydrogen) atoms. The Morgan fingerprint density at radius 2 is 2.24 bits per heavy atom. The van der Waals surface area contributed by atoms with Crippen LogP contribution in [0.1, 0.15) is 17.9 Å². The van der Waals surface area contributed by atoms with Gasteiger partial charge < -0.3 is 9.47 Å². The summed E-state index contributed by atoms with van der Waals surface area (Å²) >= 11 is 0. The third-order valence-electron chi connectivity index (χ3n) is 2.90. The normalized spacial score (nSPS) is 18.5. The highest BCUT2D eigenvalue weighted by atomic mass is 16.7. The van der Waals surface area contributed by atoms with E-state index in [0.29, 0.717) is 19.1 Å². The van der Waals surface area contributed by atoms with E-state index in [4.69, 9.17) is 14.3 Å². The second kappa shape index (κ2) is 6.59. The topological polar surface area (TPSA) is 39.7 Å². The molecule has 94 valence electrons. The lowest BCUT2D eigenvalue weighted by molar-refractivity contribution is 0.00308. The second-order valence-corrected chi connectivity index (χ2v) is 4.06. The Morgan fingerprint density at radius 1 is 1.35 bits per heavy atom. The summed E-state index contributed by atoms with van der Waals surface area (Å²) in [6.07, 6.45) is 1.03. The highest BCUT2D eigenvalue weighted by Crippen LogP contribution is 2.32. The average molecular weight is 237 g/mol. The van der Waals surface area contributed by atoms with Gasteiger partial charge in [0.05, 0.1) is 19.8 Å². The summed E-state index contributed by atoms with van der Waals surface area (Å²) in [5.41, 5.74) is 4.26. The molecule has 2 rings (SSSR count). The minimum Gasteiger partial charge on any atom is -0.493 e. The van der Waals surface area contributed by atoms with E-state index < -0.39 is 0 Å².